The second kappa shape index (κ2) is 3.60. The number of hydrogen-bond donors (Lipinski definition) is 1. The fourth-order valence-electron chi connectivity index (χ4n) is 0.887. The summed E-state index contributed by atoms with van der Waals surface area (Å²) in [6.45, 7) is 9.84. The number of nitrogens with zero attached hydrogens (tertiary/aromatic N) is 1. The molecule has 1 heterocycles. The van der Waals surface area contributed by atoms with Crippen LogP contribution in [0.25, 0.3) is 0 Å². The zero-order chi connectivity index (χ0) is 10.1. The molecule has 0 spiro atoms. The normalized spacial score (nSPS) is 14.2. The molecule has 0 aromatic carbocycles. The minimum Gasteiger partial charge on any atom is -0.383 e. The molecule has 0 aliphatic rings. The smallest absolute Gasteiger partial charge is 0.115 e. The van der Waals surface area contributed by atoms with E-state index in [0.717, 1.165) is 5.01 Å². The highest BCUT2D eigenvalue weighted by atomic mass is 32.1. The molecule has 1 unspecified atom stereocenters. The van der Waals surface area contributed by atoms with E-state index < -0.39 is 6.10 Å². The molecular weight excluding hydrogens is 182 g/mol. The largest absolute Gasteiger partial charge is 0.383 e. The third-order valence-electron chi connectivity index (χ3n) is 1.69. The Morgan fingerprint density at radius 1 is 1.62 bits per heavy atom. The summed E-state index contributed by atoms with van der Waals surface area (Å²) in [5, 5.41) is 12.4. The second-order valence-electron chi connectivity index (χ2n) is 4.01. The Labute approximate surface area is 83.0 Å². The van der Waals surface area contributed by atoms with Gasteiger partial charge in [0.1, 0.15) is 6.10 Å². The number of hydrogen-bond acceptors (Lipinski definition) is 3. The topological polar surface area (TPSA) is 33.1 Å². The molecule has 1 atom stereocenters. The van der Waals surface area contributed by atoms with Crippen LogP contribution < -0.4 is 0 Å². The summed E-state index contributed by atoms with van der Waals surface area (Å²) >= 11 is 1.58. The maximum Gasteiger partial charge on any atom is 0.115 e. The Bertz CT molecular complexity index is 298. The third kappa shape index (κ3) is 2.39. The van der Waals surface area contributed by atoms with E-state index in [9.17, 15) is 5.11 Å². The summed E-state index contributed by atoms with van der Waals surface area (Å²) in [6.07, 6.45) is 0.856. The average molecular weight is 197 g/mol. The molecule has 0 amide bonds. The van der Waals surface area contributed by atoms with Gasteiger partial charge in [-0.2, -0.15) is 0 Å². The molecule has 0 fully saturated rings. The van der Waals surface area contributed by atoms with Gasteiger partial charge in [0.05, 0.1) is 10.7 Å². The van der Waals surface area contributed by atoms with Crippen LogP contribution in [0.2, 0.25) is 0 Å². The molecule has 0 bridgehead atoms. The van der Waals surface area contributed by atoms with Crippen LogP contribution in [0.3, 0.4) is 0 Å². The van der Waals surface area contributed by atoms with Gasteiger partial charge in [-0.15, -0.1) is 17.9 Å². The van der Waals surface area contributed by atoms with E-state index in [0.29, 0.717) is 5.69 Å². The number of aliphatic hydroxyl groups is 1. The summed E-state index contributed by atoms with van der Waals surface area (Å²) in [5.74, 6) is 0. The minimum absolute atomic E-state index is 0.0593. The van der Waals surface area contributed by atoms with Crippen molar-refractivity contribution in [1.82, 2.24) is 4.98 Å². The van der Waals surface area contributed by atoms with Crippen molar-refractivity contribution in [1.29, 1.82) is 0 Å². The number of rotatable bonds is 2. The van der Waals surface area contributed by atoms with Gasteiger partial charge >= 0.3 is 0 Å². The molecule has 13 heavy (non-hydrogen) atoms. The highest BCUT2D eigenvalue weighted by Crippen LogP contribution is 2.27. The third-order valence-corrected chi connectivity index (χ3v) is 2.98. The Morgan fingerprint density at radius 2 is 2.23 bits per heavy atom. The van der Waals surface area contributed by atoms with Crippen LogP contribution in [0, 0.1) is 0 Å². The first kappa shape index (κ1) is 10.4. The van der Waals surface area contributed by atoms with Crippen LogP contribution >= 0.6 is 11.3 Å². The van der Waals surface area contributed by atoms with E-state index in [-0.39, 0.29) is 5.41 Å². The number of aromatic nitrogens is 1. The van der Waals surface area contributed by atoms with E-state index in [4.69, 9.17) is 0 Å². The monoisotopic (exact) mass is 197 g/mol. The van der Waals surface area contributed by atoms with Crippen LogP contribution in [0.5, 0.6) is 0 Å². The Morgan fingerprint density at radius 3 is 2.62 bits per heavy atom. The van der Waals surface area contributed by atoms with Crippen LogP contribution in [0.1, 0.15) is 37.6 Å². The molecule has 1 aromatic heterocycles. The highest BCUT2D eigenvalue weighted by molar-refractivity contribution is 7.09. The molecule has 0 saturated carbocycles. The predicted molar refractivity (Wildman–Crippen MR) is 56.0 cm³/mol. The molecule has 0 radical (unpaired) electrons. The van der Waals surface area contributed by atoms with Crippen LogP contribution in [-0.2, 0) is 5.41 Å². The molecule has 0 saturated heterocycles. The second-order valence-corrected chi connectivity index (χ2v) is 4.87. The molecule has 1 rings (SSSR count). The quantitative estimate of drug-likeness (QED) is 0.739. The van der Waals surface area contributed by atoms with E-state index in [1.165, 1.54) is 6.08 Å². The van der Waals surface area contributed by atoms with Gasteiger partial charge in [-0.25, -0.2) is 4.98 Å². The summed E-state index contributed by atoms with van der Waals surface area (Å²) in [7, 11) is 0. The highest BCUT2D eigenvalue weighted by Gasteiger charge is 2.19. The van der Waals surface area contributed by atoms with Gasteiger partial charge in [-0.3, -0.25) is 0 Å². The van der Waals surface area contributed by atoms with Crippen molar-refractivity contribution in [3.8, 4) is 0 Å². The summed E-state index contributed by atoms with van der Waals surface area (Å²) in [5.41, 5.74) is 0.758. The lowest BCUT2D eigenvalue weighted by Crippen LogP contribution is -2.10. The average Bonchev–Trinajstić information content (AvgIpc) is 2.50. The molecule has 72 valence electrons. The fraction of sp³-hybridized carbons (Fsp3) is 0.500. The first-order valence-corrected chi connectivity index (χ1v) is 5.09. The molecule has 2 nitrogen and oxygen atoms in total. The van der Waals surface area contributed by atoms with Gasteiger partial charge in [0, 0.05) is 10.8 Å². The van der Waals surface area contributed by atoms with Gasteiger partial charge < -0.3 is 5.11 Å². The zero-order valence-electron chi connectivity index (χ0n) is 8.24. The lowest BCUT2D eigenvalue weighted by molar-refractivity contribution is 0.224. The Balaban J connectivity index is 2.93. The van der Waals surface area contributed by atoms with Crippen LogP contribution in [0.15, 0.2) is 18.0 Å². The first-order valence-electron chi connectivity index (χ1n) is 4.21. The molecule has 1 aromatic rings. The maximum atomic E-state index is 9.43. The molecule has 1 N–H and O–H groups in total. The maximum absolute atomic E-state index is 9.43. The molecule has 0 aliphatic carbocycles. The van der Waals surface area contributed by atoms with E-state index in [1.807, 2.05) is 5.38 Å². The van der Waals surface area contributed by atoms with E-state index in [2.05, 4.69) is 32.3 Å². The van der Waals surface area contributed by atoms with Crippen LogP contribution in [0.4, 0.5) is 0 Å². The van der Waals surface area contributed by atoms with Crippen molar-refractivity contribution in [3.05, 3.63) is 28.7 Å². The van der Waals surface area contributed by atoms with Gasteiger partial charge in [0.25, 0.3) is 0 Å². The SMILES string of the molecule is C=CC(O)c1csc(C(C)(C)C)n1. The number of thiazole rings is 1. The Kier molecular flexibility index (Phi) is 2.88. The minimum atomic E-state index is -0.632. The van der Waals surface area contributed by atoms with Gasteiger partial charge in [-0.1, -0.05) is 26.8 Å². The molecule has 3 heteroatoms. The van der Waals surface area contributed by atoms with Crippen molar-refractivity contribution >= 4 is 11.3 Å². The summed E-state index contributed by atoms with van der Waals surface area (Å²) in [6, 6.07) is 0. The zero-order valence-corrected chi connectivity index (χ0v) is 9.06. The van der Waals surface area contributed by atoms with Gasteiger partial charge in [-0.05, 0) is 0 Å². The molecular formula is C10H15NOS. The number of aliphatic hydroxyl groups excluding tert-OH is 1. The Hall–Kier alpha value is -0.670. The predicted octanol–water partition coefficient (Wildman–Crippen LogP) is 2.66. The summed E-state index contributed by atoms with van der Waals surface area (Å²) < 4.78 is 0. The fourth-order valence-corrected chi connectivity index (χ4v) is 1.82. The lowest BCUT2D eigenvalue weighted by Gasteiger charge is -2.13. The van der Waals surface area contributed by atoms with Crippen molar-refractivity contribution in [2.75, 3.05) is 0 Å². The van der Waals surface area contributed by atoms with Crippen molar-refractivity contribution in [2.45, 2.75) is 32.3 Å². The molecule has 0 aliphatic heterocycles. The lowest BCUT2D eigenvalue weighted by atomic mass is 9.98. The summed E-state index contributed by atoms with van der Waals surface area (Å²) in [4.78, 5) is 4.35. The van der Waals surface area contributed by atoms with Crippen molar-refractivity contribution < 1.29 is 5.11 Å². The van der Waals surface area contributed by atoms with Crippen molar-refractivity contribution in [2.24, 2.45) is 0 Å². The van der Waals surface area contributed by atoms with Crippen molar-refractivity contribution in [3.63, 3.8) is 0 Å². The van der Waals surface area contributed by atoms with Gasteiger partial charge in [0.2, 0.25) is 0 Å². The van der Waals surface area contributed by atoms with E-state index >= 15 is 0 Å². The van der Waals surface area contributed by atoms with Gasteiger partial charge in [0.15, 0.2) is 0 Å². The standard InChI is InChI=1S/C10H15NOS/c1-5-8(12)7-6-13-9(11-7)10(2,3)4/h5-6,8,12H,1H2,2-4H3. The van der Waals surface area contributed by atoms with E-state index in [1.54, 1.807) is 11.3 Å². The van der Waals surface area contributed by atoms with Crippen LogP contribution in [-0.4, -0.2) is 10.1 Å². The first-order chi connectivity index (χ1) is 5.95.